The summed E-state index contributed by atoms with van der Waals surface area (Å²) >= 11 is 0. The number of rotatable bonds is 18. The van der Waals surface area contributed by atoms with Crippen molar-refractivity contribution in [2.24, 2.45) is 0 Å². The van der Waals surface area contributed by atoms with E-state index in [1.54, 1.807) is 0 Å². The van der Waals surface area contributed by atoms with Gasteiger partial charge in [-0.15, -0.1) is 0 Å². The first-order chi connectivity index (χ1) is 13.1. The first-order valence-electron chi connectivity index (χ1n) is 10.6. The van der Waals surface area contributed by atoms with Crippen molar-refractivity contribution in [3.8, 4) is 0 Å². The molecule has 0 spiro atoms. The number of carbonyl (C=O) groups is 2. The molecule has 0 bridgehead atoms. The fraction of sp³-hybridized carbons (Fsp3) is 0.905. The molecule has 1 unspecified atom stereocenters. The Bertz CT molecular complexity index is 372. The van der Waals surface area contributed by atoms with Crippen LogP contribution in [0.25, 0.3) is 0 Å². The molecule has 0 rings (SSSR count). The number of methoxy groups -OCH3 is 2. The summed E-state index contributed by atoms with van der Waals surface area (Å²) in [6.07, 6.45) is 11.1. The molecule has 0 aromatic heterocycles. The van der Waals surface area contributed by atoms with E-state index < -0.39 is 12.3 Å². The fourth-order valence-electron chi connectivity index (χ4n) is 2.91. The van der Waals surface area contributed by atoms with Crippen molar-refractivity contribution in [1.82, 2.24) is 5.32 Å². The van der Waals surface area contributed by atoms with Gasteiger partial charge in [0.15, 0.2) is 6.29 Å². The van der Waals surface area contributed by atoms with Crippen LogP contribution in [0.15, 0.2) is 0 Å². The van der Waals surface area contributed by atoms with E-state index in [0.717, 1.165) is 38.5 Å². The number of nitrogens with one attached hydrogen (secondary N) is 1. The summed E-state index contributed by atoms with van der Waals surface area (Å²) in [4.78, 5) is 24.1. The van der Waals surface area contributed by atoms with Gasteiger partial charge in [-0.3, -0.25) is 9.59 Å². The van der Waals surface area contributed by atoms with Gasteiger partial charge in [0.05, 0.1) is 0 Å². The molecule has 1 N–H and O–H groups in total. The van der Waals surface area contributed by atoms with E-state index in [-0.39, 0.29) is 18.5 Å². The Morgan fingerprint density at radius 3 is 1.81 bits per heavy atom. The number of amides is 1. The molecule has 0 heterocycles. The minimum Gasteiger partial charge on any atom is -0.463 e. The molecule has 0 aliphatic carbocycles. The minimum absolute atomic E-state index is 0.0573. The molecule has 1 atom stereocenters. The summed E-state index contributed by atoms with van der Waals surface area (Å²) in [5, 5.41) is 2.88. The predicted octanol–water partition coefficient (Wildman–Crippen LogP) is 4.35. The highest BCUT2D eigenvalue weighted by atomic mass is 16.7. The molecule has 160 valence electrons. The molecule has 0 aromatic rings. The van der Waals surface area contributed by atoms with Gasteiger partial charge in [0.25, 0.3) is 0 Å². The van der Waals surface area contributed by atoms with Gasteiger partial charge < -0.3 is 19.5 Å². The van der Waals surface area contributed by atoms with Crippen LogP contribution in [0.1, 0.15) is 90.9 Å². The zero-order valence-corrected chi connectivity index (χ0v) is 17.9. The monoisotopic (exact) mass is 387 g/mol. The average Bonchev–Trinajstić information content (AvgIpc) is 2.66. The third kappa shape index (κ3) is 14.6. The molecule has 0 aromatic carbocycles. The number of ether oxygens (including phenoxy) is 3. The van der Waals surface area contributed by atoms with Gasteiger partial charge >= 0.3 is 5.97 Å². The summed E-state index contributed by atoms with van der Waals surface area (Å²) in [5.41, 5.74) is 0. The predicted molar refractivity (Wildman–Crippen MR) is 107 cm³/mol. The molecule has 0 fully saturated rings. The highest BCUT2D eigenvalue weighted by molar-refractivity contribution is 5.76. The van der Waals surface area contributed by atoms with Crippen LogP contribution in [0.5, 0.6) is 0 Å². The lowest BCUT2D eigenvalue weighted by molar-refractivity contribution is -0.158. The van der Waals surface area contributed by atoms with Crippen LogP contribution in [0.3, 0.4) is 0 Å². The maximum Gasteiger partial charge on any atom is 0.305 e. The Morgan fingerprint density at radius 2 is 1.30 bits per heavy atom. The van der Waals surface area contributed by atoms with Crippen LogP contribution in [-0.4, -0.2) is 45.0 Å². The number of hydrogen-bond donors (Lipinski definition) is 1. The van der Waals surface area contributed by atoms with Crippen LogP contribution in [0, 0.1) is 0 Å². The summed E-state index contributed by atoms with van der Waals surface area (Å²) in [7, 11) is 3.02. The molecule has 0 radical (unpaired) electrons. The van der Waals surface area contributed by atoms with Gasteiger partial charge in [0, 0.05) is 27.1 Å². The van der Waals surface area contributed by atoms with Crippen LogP contribution in [-0.2, 0) is 23.8 Å². The van der Waals surface area contributed by atoms with Gasteiger partial charge in [-0.1, -0.05) is 65.2 Å². The Kier molecular flexibility index (Phi) is 17.5. The van der Waals surface area contributed by atoms with E-state index in [9.17, 15) is 9.59 Å². The summed E-state index contributed by atoms with van der Waals surface area (Å²) in [6, 6.07) is -0.507. The zero-order valence-electron chi connectivity index (χ0n) is 17.9. The van der Waals surface area contributed by atoms with Crippen LogP contribution in [0.2, 0.25) is 0 Å². The third-order valence-electron chi connectivity index (χ3n) is 4.56. The lowest BCUT2D eigenvalue weighted by Crippen LogP contribution is -2.48. The van der Waals surface area contributed by atoms with Crippen molar-refractivity contribution in [2.75, 3.05) is 20.8 Å². The number of unbranched alkanes of at least 4 members (excludes halogenated alkanes) is 8. The van der Waals surface area contributed by atoms with E-state index in [2.05, 4.69) is 19.2 Å². The number of hydrogen-bond acceptors (Lipinski definition) is 5. The van der Waals surface area contributed by atoms with Gasteiger partial charge in [0.2, 0.25) is 5.91 Å². The van der Waals surface area contributed by atoms with E-state index in [0.29, 0.717) is 12.8 Å². The van der Waals surface area contributed by atoms with E-state index in [4.69, 9.17) is 14.2 Å². The minimum atomic E-state index is -0.647. The van der Waals surface area contributed by atoms with Crippen LogP contribution < -0.4 is 5.32 Å². The van der Waals surface area contributed by atoms with Crippen molar-refractivity contribution in [1.29, 1.82) is 0 Å². The highest BCUT2D eigenvalue weighted by Crippen LogP contribution is 2.08. The lowest BCUT2D eigenvalue weighted by Gasteiger charge is -2.25. The molecular formula is C21H41NO5. The smallest absolute Gasteiger partial charge is 0.305 e. The van der Waals surface area contributed by atoms with Gasteiger partial charge in [-0.2, -0.15) is 0 Å². The summed E-state index contributed by atoms with van der Waals surface area (Å²) in [5.74, 6) is -0.303. The van der Waals surface area contributed by atoms with Gasteiger partial charge in [-0.25, -0.2) is 0 Å². The zero-order chi connectivity index (χ0) is 20.3. The Morgan fingerprint density at radius 1 is 0.778 bits per heavy atom. The molecule has 6 heteroatoms. The topological polar surface area (TPSA) is 73.9 Å². The molecule has 27 heavy (non-hydrogen) atoms. The number of esters is 1. The molecule has 0 aliphatic rings. The molecular weight excluding hydrogens is 346 g/mol. The molecule has 1 amide bonds. The van der Waals surface area contributed by atoms with Crippen molar-refractivity contribution in [2.45, 2.75) is 103 Å². The molecule has 0 saturated heterocycles. The first-order valence-corrected chi connectivity index (χ1v) is 10.6. The Labute approximate surface area is 165 Å². The van der Waals surface area contributed by atoms with E-state index in [1.165, 1.54) is 39.9 Å². The molecule has 6 nitrogen and oxygen atoms in total. The Hall–Kier alpha value is -1.14. The van der Waals surface area contributed by atoms with Crippen molar-refractivity contribution in [3.05, 3.63) is 0 Å². The maximum atomic E-state index is 12.2. The second-order valence-corrected chi connectivity index (χ2v) is 7.03. The van der Waals surface area contributed by atoms with E-state index >= 15 is 0 Å². The fourth-order valence-corrected chi connectivity index (χ4v) is 2.91. The molecule has 0 aliphatic heterocycles. The second kappa shape index (κ2) is 18.2. The van der Waals surface area contributed by atoms with Crippen molar-refractivity contribution < 1.29 is 23.8 Å². The quantitative estimate of drug-likeness (QED) is 0.215. The van der Waals surface area contributed by atoms with Crippen molar-refractivity contribution in [3.63, 3.8) is 0 Å². The largest absolute Gasteiger partial charge is 0.463 e. The van der Waals surface area contributed by atoms with Crippen LogP contribution in [0.4, 0.5) is 0 Å². The normalized spacial score (nSPS) is 12.2. The second-order valence-electron chi connectivity index (χ2n) is 7.03. The average molecular weight is 388 g/mol. The SMILES string of the molecule is CCCCCCCC(=O)NC(COC(=O)CCCCCCC)C(OC)OC. The third-order valence-corrected chi connectivity index (χ3v) is 4.56. The first kappa shape index (κ1) is 25.9. The van der Waals surface area contributed by atoms with Gasteiger partial charge in [0.1, 0.15) is 12.6 Å². The lowest BCUT2D eigenvalue weighted by atomic mass is 10.1. The standard InChI is InChI=1S/C21H41NO5/c1-5-7-9-11-13-15-19(23)22-18(21(25-3)26-4)17-27-20(24)16-14-12-10-8-6-2/h18,21H,5-17H2,1-4H3,(H,22,23). The highest BCUT2D eigenvalue weighted by Gasteiger charge is 2.24. The molecule has 0 saturated carbocycles. The van der Waals surface area contributed by atoms with Gasteiger partial charge in [-0.05, 0) is 12.8 Å². The summed E-state index contributed by atoms with van der Waals surface area (Å²) in [6.45, 7) is 4.39. The summed E-state index contributed by atoms with van der Waals surface area (Å²) < 4.78 is 15.8. The van der Waals surface area contributed by atoms with Crippen LogP contribution >= 0.6 is 0 Å². The van der Waals surface area contributed by atoms with E-state index in [1.807, 2.05) is 0 Å². The number of carbonyl (C=O) groups excluding carboxylic acids is 2. The maximum absolute atomic E-state index is 12.2. The van der Waals surface area contributed by atoms with Crippen molar-refractivity contribution >= 4 is 11.9 Å². The Balaban J connectivity index is 4.23.